The number of nitrogens with one attached hydrogen (secondary N) is 1. The van der Waals surface area contributed by atoms with Crippen LogP contribution in [-0.2, 0) is 4.74 Å². The maximum atomic E-state index is 12.0. The molecule has 0 fully saturated rings. The summed E-state index contributed by atoms with van der Waals surface area (Å²) < 4.78 is 5.09. The molecule has 4 nitrogen and oxygen atoms in total. The van der Waals surface area contributed by atoms with E-state index in [0.29, 0.717) is 29.5 Å². The van der Waals surface area contributed by atoms with E-state index in [1.54, 1.807) is 25.1 Å². The standard InChI is InChI=1S/C17H28N2O2/c1-4-7-9-13(5-2)12-19-16-14(17(20)21-6-3)10-8-11-15(16)18/h8,10-11,13,19H,4-7,9,12,18H2,1-3H3. The summed E-state index contributed by atoms with van der Waals surface area (Å²) >= 11 is 0. The molecule has 0 aliphatic carbocycles. The Balaban J connectivity index is 2.79. The van der Waals surface area contributed by atoms with E-state index >= 15 is 0 Å². The van der Waals surface area contributed by atoms with E-state index in [4.69, 9.17) is 10.5 Å². The highest BCUT2D eigenvalue weighted by Gasteiger charge is 2.15. The summed E-state index contributed by atoms with van der Waals surface area (Å²) in [6.45, 7) is 7.39. The summed E-state index contributed by atoms with van der Waals surface area (Å²) in [5.74, 6) is 0.272. The zero-order chi connectivity index (χ0) is 15.7. The summed E-state index contributed by atoms with van der Waals surface area (Å²) in [6.07, 6.45) is 4.75. The Kier molecular flexibility index (Phi) is 7.65. The van der Waals surface area contributed by atoms with Gasteiger partial charge in [0.15, 0.2) is 0 Å². The van der Waals surface area contributed by atoms with Crippen molar-refractivity contribution in [2.45, 2.75) is 46.5 Å². The molecule has 1 aromatic carbocycles. The molecule has 3 N–H and O–H groups in total. The fraction of sp³-hybridized carbons (Fsp3) is 0.588. The fourth-order valence-electron chi connectivity index (χ4n) is 2.34. The third-order valence-electron chi connectivity index (χ3n) is 3.70. The van der Waals surface area contributed by atoms with Crippen molar-refractivity contribution in [1.82, 2.24) is 0 Å². The second-order valence-electron chi connectivity index (χ2n) is 5.29. The molecule has 0 radical (unpaired) electrons. The van der Waals surface area contributed by atoms with Crippen molar-refractivity contribution in [2.75, 3.05) is 24.2 Å². The Morgan fingerprint density at radius 2 is 2.10 bits per heavy atom. The summed E-state index contributed by atoms with van der Waals surface area (Å²) in [7, 11) is 0. The van der Waals surface area contributed by atoms with Crippen molar-refractivity contribution in [3.63, 3.8) is 0 Å². The van der Waals surface area contributed by atoms with Gasteiger partial charge in [0.05, 0.1) is 23.5 Å². The van der Waals surface area contributed by atoms with E-state index in [2.05, 4.69) is 19.2 Å². The van der Waals surface area contributed by atoms with Gasteiger partial charge >= 0.3 is 5.97 Å². The Bertz CT molecular complexity index is 446. The molecule has 0 saturated carbocycles. The van der Waals surface area contributed by atoms with Crippen LogP contribution in [0.5, 0.6) is 0 Å². The average Bonchev–Trinajstić information content (AvgIpc) is 2.48. The van der Waals surface area contributed by atoms with Gasteiger partial charge < -0.3 is 15.8 Å². The van der Waals surface area contributed by atoms with Crippen LogP contribution in [-0.4, -0.2) is 19.1 Å². The SMILES string of the molecule is CCCCC(CC)CNc1c(N)cccc1C(=O)OCC. The van der Waals surface area contributed by atoms with Gasteiger partial charge in [-0.2, -0.15) is 0 Å². The molecule has 0 spiro atoms. The van der Waals surface area contributed by atoms with Gasteiger partial charge in [-0.05, 0) is 31.4 Å². The lowest BCUT2D eigenvalue weighted by atomic mass is 9.99. The Morgan fingerprint density at radius 3 is 2.71 bits per heavy atom. The van der Waals surface area contributed by atoms with Crippen LogP contribution in [0, 0.1) is 5.92 Å². The Hall–Kier alpha value is -1.71. The lowest BCUT2D eigenvalue weighted by molar-refractivity contribution is 0.0527. The second-order valence-corrected chi connectivity index (χ2v) is 5.29. The molecule has 0 aliphatic rings. The molecular weight excluding hydrogens is 264 g/mol. The van der Waals surface area contributed by atoms with Crippen LogP contribution in [0.15, 0.2) is 18.2 Å². The quantitative estimate of drug-likeness (QED) is 0.532. The number of unbranched alkanes of at least 4 members (excludes halogenated alkanes) is 1. The maximum absolute atomic E-state index is 12.0. The Labute approximate surface area is 128 Å². The number of nitrogen functional groups attached to an aromatic ring is 1. The summed E-state index contributed by atoms with van der Waals surface area (Å²) in [5, 5.41) is 3.35. The fourth-order valence-corrected chi connectivity index (χ4v) is 2.34. The normalized spacial score (nSPS) is 12.0. The number of benzene rings is 1. The van der Waals surface area contributed by atoms with E-state index in [-0.39, 0.29) is 5.97 Å². The number of ether oxygens (including phenoxy) is 1. The van der Waals surface area contributed by atoms with E-state index in [1.807, 2.05) is 0 Å². The van der Waals surface area contributed by atoms with Crippen LogP contribution in [0.2, 0.25) is 0 Å². The largest absolute Gasteiger partial charge is 0.462 e. The zero-order valence-corrected chi connectivity index (χ0v) is 13.4. The molecule has 1 atom stereocenters. The van der Waals surface area contributed by atoms with Gasteiger partial charge in [0.25, 0.3) is 0 Å². The topological polar surface area (TPSA) is 64.3 Å². The number of rotatable bonds is 9. The van der Waals surface area contributed by atoms with Crippen molar-refractivity contribution < 1.29 is 9.53 Å². The monoisotopic (exact) mass is 292 g/mol. The van der Waals surface area contributed by atoms with Crippen LogP contribution in [0.1, 0.15) is 56.8 Å². The molecular formula is C17H28N2O2. The van der Waals surface area contributed by atoms with Crippen LogP contribution in [0.4, 0.5) is 11.4 Å². The van der Waals surface area contributed by atoms with E-state index in [0.717, 1.165) is 13.0 Å². The van der Waals surface area contributed by atoms with Crippen molar-refractivity contribution in [3.8, 4) is 0 Å². The molecule has 1 aromatic rings. The van der Waals surface area contributed by atoms with E-state index < -0.39 is 0 Å². The van der Waals surface area contributed by atoms with Gasteiger partial charge in [0, 0.05) is 6.54 Å². The van der Waals surface area contributed by atoms with Crippen molar-refractivity contribution in [1.29, 1.82) is 0 Å². The average molecular weight is 292 g/mol. The second kappa shape index (κ2) is 9.27. The molecule has 118 valence electrons. The van der Waals surface area contributed by atoms with Gasteiger partial charge in [-0.1, -0.05) is 39.2 Å². The first-order valence-electron chi connectivity index (χ1n) is 7.93. The van der Waals surface area contributed by atoms with Crippen molar-refractivity contribution in [2.24, 2.45) is 5.92 Å². The van der Waals surface area contributed by atoms with Gasteiger partial charge in [0.2, 0.25) is 0 Å². The summed E-state index contributed by atoms with van der Waals surface area (Å²) in [5.41, 5.74) is 7.82. The number of hydrogen-bond donors (Lipinski definition) is 2. The number of para-hydroxylation sites is 1. The molecule has 0 saturated heterocycles. The molecule has 4 heteroatoms. The number of hydrogen-bond acceptors (Lipinski definition) is 4. The molecule has 0 bridgehead atoms. The number of esters is 1. The minimum Gasteiger partial charge on any atom is -0.462 e. The van der Waals surface area contributed by atoms with Gasteiger partial charge in [0.1, 0.15) is 0 Å². The third kappa shape index (κ3) is 5.29. The van der Waals surface area contributed by atoms with Gasteiger partial charge in [-0.3, -0.25) is 0 Å². The number of anilines is 2. The summed E-state index contributed by atoms with van der Waals surface area (Å²) in [4.78, 5) is 12.0. The predicted molar refractivity (Wildman–Crippen MR) is 88.6 cm³/mol. The van der Waals surface area contributed by atoms with E-state index in [1.165, 1.54) is 19.3 Å². The van der Waals surface area contributed by atoms with E-state index in [9.17, 15) is 4.79 Å². The highest BCUT2D eigenvalue weighted by atomic mass is 16.5. The molecule has 1 unspecified atom stereocenters. The molecule has 0 amide bonds. The molecule has 21 heavy (non-hydrogen) atoms. The van der Waals surface area contributed by atoms with Crippen LogP contribution in [0.3, 0.4) is 0 Å². The first-order chi connectivity index (χ1) is 10.1. The smallest absolute Gasteiger partial charge is 0.340 e. The van der Waals surface area contributed by atoms with Crippen LogP contribution < -0.4 is 11.1 Å². The van der Waals surface area contributed by atoms with Crippen molar-refractivity contribution in [3.05, 3.63) is 23.8 Å². The maximum Gasteiger partial charge on any atom is 0.340 e. The van der Waals surface area contributed by atoms with Gasteiger partial charge in [-0.25, -0.2) is 4.79 Å². The highest BCUT2D eigenvalue weighted by Crippen LogP contribution is 2.25. The number of nitrogens with two attached hydrogens (primary N) is 1. The highest BCUT2D eigenvalue weighted by molar-refractivity contribution is 5.98. The molecule has 0 heterocycles. The van der Waals surface area contributed by atoms with Crippen molar-refractivity contribution >= 4 is 17.3 Å². The predicted octanol–water partition coefficient (Wildman–Crippen LogP) is 4.07. The first kappa shape index (κ1) is 17.3. The lowest BCUT2D eigenvalue weighted by Crippen LogP contribution is -2.17. The first-order valence-corrected chi connectivity index (χ1v) is 7.93. The summed E-state index contributed by atoms with van der Waals surface area (Å²) in [6, 6.07) is 5.34. The van der Waals surface area contributed by atoms with Crippen LogP contribution >= 0.6 is 0 Å². The molecule has 0 aromatic heterocycles. The Morgan fingerprint density at radius 1 is 1.33 bits per heavy atom. The minimum atomic E-state index is -0.325. The molecule has 1 rings (SSSR count). The zero-order valence-electron chi connectivity index (χ0n) is 13.4. The lowest BCUT2D eigenvalue weighted by Gasteiger charge is -2.19. The molecule has 0 aliphatic heterocycles. The number of carbonyl (C=O) groups excluding carboxylic acids is 1. The van der Waals surface area contributed by atoms with Crippen LogP contribution in [0.25, 0.3) is 0 Å². The number of carbonyl (C=O) groups is 1. The minimum absolute atomic E-state index is 0.325. The van der Waals surface area contributed by atoms with Gasteiger partial charge in [-0.15, -0.1) is 0 Å². The third-order valence-corrected chi connectivity index (χ3v) is 3.70.